The van der Waals surface area contributed by atoms with E-state index >= 15 is 0 Å². The molecule has 1 atom stereocenters. The van der Waals surface area contributed by atoms with Crippen molar-refractivity contribution in [3.05, 3.63) is 90.5 Å². The molecule has 1 aliphatic heterocycles. The Bertz CT molecular complexity index is 1190. The number of fused-ring (bicyclic) bond motifs is 3. The zero-order chi connectivity index (χ0) is 19.1. The Hall–Kier alpha value is -3.53. The van der Waals surface area contributed by atoms with Gasteiger partial charge in [-0.15, -0.1) is 0 Å². The standard InChI is InChI=1S/C24H18O4/c1-16-14-24(28-23(16)25,17-7-3-2-4-8-17)15-26-18-11-12-22-20(13-18)19-9-5-6-10-21(19)27-22/h2-13H,1,14-15H2. The summed E-state index contributed by atoms with van der Waals surface area (Å²) >= 11 is 0. The molecule has 1 unspecified atom stereocenters. The molecular formula is C24H18O4. The smallest absolute Gasteiger partial charge is 0.334 e. The van der Waals surface area contributed by atoms with Gasteiger partial charge in [-0.3, -0.25) is 0 Å². The summed E-state index contributed by atoms with van der Waals surface area (Å²) in [4.78, 5) is 12.1. The van der Waals surface area contributed by atoms with Crippen LogP contribution in [-0.2, 0) is 15.1 Å². The largest absolute Gasteiger partial charge is 0.489 e. The molecule has 5 rings (SSSR count). The number of para-hydroxylation sites is 1. The van der Waals surface area contributed by atoms with Crippen molar-refractivity contribution >= 4 is 27.9 Å². The van der Waals surface area contributed by atoms with Crippen LogP contribution in [0.4, 0.5) is 0 Å². The summed E-state index contributed by atoms with van der Waals surface area (Å²) in [5.74, 6) is 0.326. The van der Waals surface area contributed by atoms with Gasteiger partial charge >= 0.3 is 5.97 Å². The second-order valence-corrected chi connectivity index (χ2v) is 7.08. The summed E-state index contributed by atoms with van der Waals surface area (Å²) in [6, 6.07) is 23.3. The molecule has 4 aromatic rings. The van der Waals surface area contributed by atoms with Crippen molar-refractivity contribution in [2.75, 3.05) is 6.61 Å². The highest BCUT2D eigenvalue weighted by Gasteiger charge is 2.45. The number of hydrogen-bond donors (Lipinski definition) is 0. The van der Waals surface area contributed by atoms with Crippen molar-refractivity contribution < 1.29 is 18.7 Å². The van der Waals surface area contributed by atoms with Crippen molar-refractivity contribution in [2.45, 2.75) is 12.0 Å². The molecule has 138 valence electrons. The number of cyclic esters (lactones) is 1. The van der Waals surface area contributed by atoms with Gasteiger partial charge in [-0.25, -0.2) is 4.79 Å². The Kier molecular flexibility index (Phi) is 3.72. The van der Waals surface area contributed by atoms with E-state index < -0.39 is 5.60 Å². The summed E-state index contributed by atoms with van der Waals surface area (Å²) < 4.78 is 17.7. The molecule has 1 aromatic heterocycles. The molecule has 1 fully saturated rings. The van der Waals surface area contributed by atoms with E-state index in [1.165, 1.54) is 0 Å². The van der Waals surface area contributed by atoms with Crippen LogP contribution in [0.15, 0.2) is 89.4 Å². The van der Waals surface area contributed by atoms with Gasteiger partial charge < -0.3 is 13.9 Å². The maximum Gasteiger partial charge on any atom is 0.334 e. The minimum absolute atomic E-state index is 0.211. The predicted octanol–water partition coefficient (Wildman–Crippen LogP) is 5.36. The van der Waals surface area contributed by atoms with Crippen LogP contribution < -0.4 is 4.74 Å². The van der Waals surface area contributed by atoms with E-state index in [0.29, 0.717) is 17.7 Å². The topological polar surface area (TPSA) is 48.7 Å². The first-order valence-electron chi connectivity index (χ1n) is 9.15. The molecule has 0 N–H and O–H groups in total. The maximum atomic E-state index is 12.1. The van der Waals surface area contributed by atoms with Crippen LogP contribution in [0.5, 0.6) is 5.75 Å². The van der Waals surface area contributed by atoms with Gasteiger partial charge in [0.2, 0.25) is 0 Å². The first-order valence-corrected chi connectivity index (χ1v) is 9.15. The highest BCUT2D eigenvalue weighted by Crippen LogP contribution is 2.40. The number of ether oxygens (including phenoxy) is 2. The van der Waals surface area contributed by atoms with Gasteiger partial charge in [0.05, 0.1) is 0 Å². The van der Waals surface area contributed by atoms with Crippen molar-refractivity contribution in [3.63, 3.8) is 0 Å². The lowest BCUT2D eigenvalue weighted by Crippen LogP contribution is -2.33. The monoisotopic (exact) mass is 370 g/mol. The van der Waals surface area contributed by atoms with Crippen LogP contribution in [0.1, 0.15) is 12.0 Å². The SMILES string of the molecule is C=C1CC(COc2ccc3oc4ccccc4c3c2)(c2ccccc2)OC1=O. The van der Waals surface area contributed by atoms with Gasteiger partial charge in [0.25, 0.3) is 0 Å². The number of hydrogen-bond acceptors (Lipinski definition) is 4. The number of benzene rings is 3. The zero-order valence-corrected chi connectivity index (χ0v) is 15.2. The number of furan rings is 1. The van der Waals surface area contributed by atoms with E-state index in [2.05, 4.69) is 6.58 Å². The lowest BCUT2D eigenvalue weighted by atomic mass is 9.90. The Morgan fingerprint density at radius 2 is 1.68 bits per heavy atom. The first-order chi connectivity index (χ1) is 13.6. The third-order valence-corrected chi connectivity index (χ3v) is 5.20. The molecule has 0 saturated carbocycles. The van der Waals surface area contributed by atoms with E-state index in [1.807, 2.05) is 72.8 Å². The number of carbonyl (C=O) groups excluding carboxylic acids is 1. The first kappa shape index (κ1) is 16.6. The van der Waals surface area contributed by atoms with Gasteiger partial charge in [-0.05, 0) is 29.8 Å². The van der Waals surface area contributed by atoms with Crippen LogP contribution in [0, 0.1) is 0 Å². The second kappa shape index (κ2) is 6.27. The highest BCUT2D eigenvalue weighted by atomic mass is 16.6. The molecule has 1 aliphatic rings. The second-order valence-electron chi connectivity index (χ2n) is 7.08. The van der Waals surface area contributed by atoms with Gasteiger partial charge in [0, 0.05) is 22.8 Å². The minimum Gasteiger partial charge on any atom is -0.489 e. The van der Waals surface area contributed by atoms with E-state index in [0.717, 1.165) is 27.5 Å². The molecule has 3 aromatic carbocycles. The molecule has 0 radical (unpaired) electrons. The number of rotatable bonds is 4. The van der Waals surface area contributed by atoms with Crippen LogP contribution in [-0.4, -0.2) is 12.6 Å². The van der Waals surface area contributed by atoms with Gasteiger partial charge in [-0.1, -0.05) is 55.1 Å². The lowest BCUT2D eigenvalue weighted by Gasteiger charge is -2.27. The Balaban J connectivity index is 1.49. The third kappa shape index (κ3) is 2.65. The molecule has 1 saturated heterocycles. The quantitative estimate of drug-likeness (QED) is 0.358. The fourth-order valence-electron chi connectivity index (χ4n) is 3.76. The lowest BCUT2D eigenvalue weighted by molar-refractivity contribution is -0.150. The molecule has 28 heavy (non-hydrogen) atoms. The summed E-state index contributed by atoms with van der Waals surface area (Å²) in [6.45, 7) is 4.05. The Morgan fingerprint density at radius 1 is 0.929 bits per heavy atom. The van der Waals surface area contributed by atoms with Crippen LogP contribution in [0.25, 0.3) is 21.9 Å². The molecule has 0 aliphatic carbocycles. The van der Waals surface area contributed by atoms with Crippen LogP contribution in [0.3, 0.4) is 0 Å². The summed E-state index contributed by atoms with van der Waals surface area (Å²) in [5, 5.41) is 2.04. The Labute approximate surface area is 162 Å². The Morgan fingerprint density at radius 3 is 2.46 bits per heavy atom. The molecule has 4 nitrogen and oxygen atoms in total. The average Bonchev–Trinajstić information content (AvgIpc) is 3.24. The molecular weight excluding hydrogens is 352 g/mol. The van der Waals surface area contributed by atoms with E-state index in [1.54, 1.807) is 0 Å². The fourth-order valence-corrected chi connectivity index (χ4v) is 3.76. The maximum absolute atomic E-state index is 12.1. The summed E-state index contributed by atoms with van der Waals surface area (Å²) in [5.41, 5.74) is 2.16. The third-order valence-electron chi connectivity index (χ3n) is 5.20. The van der Waals surface area contributed by atoms with E-state index in [4.69, 9.17) is 13.9 Å². The molecule has 0 bridgehead atoms. The van der Waals surface area contributed by atoms with Crippen molar-refractivity contribution in [1.82, 2.24) is 0 Å². The van der Waals surface area contributed by atoms with Crippen LogP contribution >= 0.6 is 0 Å². The van der Waals surface area contributed by atoms with Gasteiger partial charge in [-0.2, -0.15) is 0 Å². The van der Waals surface area contributed by atoms with Gasteiger partial charge in [0.15, 0.2) is 5.60 Å². The van der Waals surface area contributed by atoms with Crippen molar-refractivity contribution in [1.29, 1.82) is 0 Å². The average molecular weight is 370 g/mol. The normalized spacial score (nSPS) is 19.3. The van der Waals surface area contributed by atoms with E-state index in [9.17, 15) is 4.79 Å². The van der Waals surface area contributed by atoms with Crippen molar-refractivity contribution in [3.8, 4) is 5.75 Å². The van der Waals surface area contributed by atoms with E-state index in [-0.39, 0.29) is 12.6 Å². The summed E-state index contributed by atoms with van der Waals surface area (Å²) in [7, 11) is 0. The number of esters is 1. The van der Waals surface area contributed by atoms with Crippen LogP contribution in [0.2, 0.25) is 0 Å². The summed E-state index contributed by atoms with van der Waals surface area (Å²) in [6.07, 6.45) is 0.409. The van der Waals surface area contributed by atoms with Crippen molar-refractivity contribution in [2.24, 2.45) is 0 Å². The predicted molar refractivity (Wildman–Crippen MR) is 107 cm³/mol. The molecule has 4 heteroatoms. The number of carbonyl (C=O) groups is 1. The highest BCUT2D eigenvalue weighted by molar-refractivity contribution is 6.05. The molecule has 0 amide bonds. The van der Waals surface area contributed by atoms with Gasteiger partial charge in [0.1, 0.15) is 23.5 Å². The fraction of sp³-hybridized carbons (Fsp3) is 0.125. The molecule has 2 heterocycles. The zero-order valence-electron chi connectivity index (χ0n) is 15.2. The molecule has 0 spiro atoms. The minimum atomic E-state index is -0.858.